The summed E-state index contributed by atoms with van der Waals surface area (Å²) in [6.45, 7) is 10.5. The molecule has 12 heteroatoms. The Balaban J connectivity index is 1.36. The zero-order chi connectivity index (χ0) is 32.4. The molecule has 2 aliphatic carbocycles. The van der Waals surface area contributed by atoms with Crippen LogP contribution in [0.2, 0.25) is 0 Å². The van der Waals surface area contributed by atoms with Gasteiger partial charge in [0.15, 0.2) is 12.6 Å². The van der Waals surface area contributed by atoms with Crippen LogP contribution in [0, 0.1) is 22.7 Å². The third kappa shape index (κ3) is 7.27. The van der Waals surface area contributed by atoms with Crippen molar-refractivity contribution in [2.75, 3.05) is 26.4 Å². The van der Waals surface area contributed by atoms with E-state index in [2.05, 4.69) is 20.4 Å². The Labute approximate surface area is 259 Å². The molecular weight excluding hydrogens is 576 g/mol. The second kappa shape index (κ2) is 14.8. The molecule has 0 amide bonds. The van der Waals surface area contributed by atoms with Crippen molar-refractivity contribution in [3.63, 3.8) is 0 Å². The predicted molar refractivity (Wildman–Crippen MR) is 158 cm³/mol. The number of hydrogen-bond acceptors (Lipinski definition) is 12. The van der Waals surface area contributed by atoms with E-state index in [1.165, 1.54) is 5.57 Å². The minimum Gasteiger partial charge on any atom is -0.394 e. The fourth-order valence-corrected chi connectivity index (χ4v) is 8.23. The first-order valence-electron chi connectivity index (χ1n) is 15.9. The van der Waals surface area contributed by atoms with Crippen LogP contribution in [0.5, 0.6) is 0 Å². The molecular formula is C32H54O12. The summed E-state index contributed by atoms with van der Waals surface area (Å²) in [6, 6.07) is 0. The molecule has 4 aliphatic rings. The van der Waals surface area contributed by atoms with Crippen LogP contribution in [0.1, 0.15) is 65.7 Å². The van der Waals surface area contributed by atoms with Gasteiger partial charge in [-0.2, -0.15) is 0 Å². The first-order chi connectivity index (χ1) is 20.8. The van der Waals surface area contributed by atoms with Gasteiger partial charge in [-0.1, -0.05) is 44.1 Å². The van der Waals surface area contributed by atoms with E-state index in [1.54, 1.807) is 0 Å². The number of aliphatic hydroxyl groups is 8. The summed E-state index contributed by atoms with van der Waals surface area (Å²) < 4.78 is 22.8. The minimum atomic E-state index is -1.48. The van der Waals surface area contributed by atoms with Crippen LogP contribution in [0.4, 0.5) is 0 Å². The Hall–Kier alpha value is -1.00. The quantitative estimate of drug-likeness (QED) is 0.144. The zero-order valence-corrected chi connectivity index (χ0v) is 26.2. The highest BCUT2D eigenvalue weighted by Crippen LogP contribution is 2.62. The fourth-order valence-electron chi connectivity index (χ4n) is 8.23. The van der Waals surface area contributed by atoms with Crippen molar-refractivity contribution in [2.45, 2.75) is 127 Å². The molecule has 2 saturated heterocycles. The second-order valence-electron chi connectivity index (χ2n) is 13.9. The number of fused-ring (bicyclic) bond motifs is 1. The van der Waals surface area contributed by atoms with Crippen molar-refractivity contribution in [3.05, 3.63) is 23.8 Å². The van der Waals surface area contributed by atoms with Gasteiger partial charge in [0.1, 0.15) is 48.8 Å². The lowest BCUT2D eigenvalue weighted by Gasteiger charge is -2.59. The van der Waals surface area contributed by atoms with Crippen molar-refractivity contribution < 1.29 is 59.8 Å². The normalized spacial score (nSPS) is 47.0. The number of allylic oxidation sites excluding steroid dienone is 2. The largest absolute Gasteiger partial charge is 0.394 e. The molecule has 2 heterocycles. The molecule has 2 aliphatic heterocycles. The summed E-state index contributed by atoms with van der Waals surface area (Å²) in [4.78, 5) is 0. The van der Waals surface area contributed by atoms with E-state index < -0.39 is 74.6 Å². The van der Waals surface area contributed by atoms with E-state index in [-0.39, 0.29) is 23.4 Å². The highest BCUT2D eigenvalue weighted by Gasteiger charge is 2.55. The van der Waals surface area contributed by atoms with Crippen LogP contribution < -0.4 is 0 Å². The summed E-state index contributed by atoms with van der Waals surface area (Å²) in [7, 11) is 0. The van der Waals surface area contributed by atoms with Gasteiger partial charge in [0, 0.05) is 0 Å². The Bertz CT molecular complexity index is 988. The van der Waals surface area contributed by atoms with E-state index in [9.17, 15) is 40.9 Å². The third-order valence-corrected chi connectivity index (χ3v) is 10.9. The molecule has 0 spiro atoms. The Morgan fingerprint density at radius 1 is 0.864 bits per heavy atom. The molecule has 0 aromatic rings. The van der Waals surface area contributed by atoms with Gasteiger partial charge in [0.2, 0.25) is 0 Å². The molecule has 0 unspecified atom stereocenters. The van der Waals surface area contributed by atoms with Crippen molar-refractivity contribution in [1.82, 2.24) is 0 Å². The van der Waals surface area contributed by atoms with Crippen molar-refractivity contribution in [1.29, 1.82) is 0 Å². The summed E-state index contributed by atoms with van der Waals surface area (Å²) in [6.07, 6.45) is -4.51. The molecule has 44 heavy (non-hydrogen) atoms. The molecule has 0 aromatic carbocycles. The van der Waals surface area contributed by atoms with Crippen LogP contribution in [0.3, 0.4) is 0 Å². The minimum absolute atomic E-state index is 0.0197. The predicted octanol–water partition coefficient (Wildman–Crippen LogP) is 0.125. The lowest BCUT2D eigenvalue weighted by Crippen LogP contribution is -2.60. The number of hydrogen-bond donors (Lipinski definition) is 8. The molecule has 0 aromatic heterocycles. The fraction of sp³-hybridized carbons (Fsp3) is 0.875. The van der Waals surface area contributed by atoms with Crippen LogP contribution in [0.15, 0.2) is 23.8 Å². The lowest BCUT2D eigenvalue weighted by atomic mass is 9.47. The zero-order valence-electron chi connectivity index (χ0n) is 26.2. The molecule has 254 valence electrons. The molecule has 14 atom stereocenters. The first-order valence-corrected chi connectivity index (χ1v) is 15.9. The maximum Gasteiger partial charge on any atom is 0.187 e. The van der Waals surface area contributed by atoms with Gasteiger partial charge in [0.25, 0.3) is 0 Å². The van der Waals surface area contributed by atoms with Crippen LogP contribution >= 0.6 is 0 Å². The summed E-state index contributed by atoms with van der Waals surface area (Å²) in [5, 5.41) is 79.9. The number of aliphatic hydroxyl groups excluding tert-OH is 8. The maximum atomic E-state index is 10.5. The van der Waals surface area contributed by atoms with Crippen molar-refractivity contribution in [2.24, 2.45) is 22.7 Å². The van der Waals surface area contributed by atoms with E-state index in [1.807, 2.05) is 13.0 Å². The summed E-state index contributed by atoms with van der Waals surface area (Å²) in [5.74, 6) is 0.603. The molecule has 4 rings (SSSR count). The highest BCUT2D eigenvalue weighted by molar-refractivity contribution is 5.17. The van der Waals surface area contributed by atoms with Gasteiger partial charge in [-0.25, -0.2) is 0 Å². The molecule has 4 fully saturated rings. The van der Waals surface area contributed by atoms with Gasteiger partial charge < -0.3 is 59.8 Å². The Morgan fingerprint density at radius 2 is 1.43 bits per heavy atom. The standard InChI is InChI=1S/C32H54O12/c1-17(10-13-41-29-27(39)25(37)23(35)20(14-33)43-29)6-8-19-18(2)7-9-22-31(3,11-5-12-32(19,22)4)16-42-30-28(40)26(38)24(36)21(15-34)44-30/h10,19-30,33-40H,2,5-9,11-16H2,1,3-4H3/b17-10+/t19-,20-,21-,22-,23-,24-,25+,26+,27-,28-,29-,30-,31-,32+/m1/s1. The van der Waals surface area contributed by atoms with Gasteiger partial charge in [0.05, 0.1) is 26.4 Å². The van der Waals surface area contributed by atoms with Gasteiger partial charge in [-0.05, 0) is 68.1 Å². The number of rotatable bonds is 11. The van der Waals surface area contributed by atoms with Gasteiger partial charge in [-0.15, -0.1) is 0 Å². The van der Waals surface area contributed by atoms with E-state index >= 15 is 0 Å². The van der Waals surface area contributed by atoms with Gasteiger partial charge >= 0.3 is 0 Å². The maximum absolute atomic E-state index is 10.5. The van der Waals surface area contributed by atoms with Crippen LogP contribution in [-0.4, -0.2) is 129 Å². The SMILES string of the molecule is C=C1CC[C@@H]2[C@@](C)(CO[C@@H]3O[C@H](CO)[C@@H](O)[C@H](O)[C@H]3O)CCC[C@@]2(C)[C@@H]1CC/C(C)=C/CO[C@@H]1O[C@H](CO)[C@@H](O)[C@H](O)[C@H]1O. The first kappa shape index (κ1) is 35.8. The van der Waals surface area contributed by atoms with Crippen LogP contribution in [-0.2, 0) is 18.9 Å². The van der Waals surface area contributed by atoms with Crippen molar-refractivity contribution in [3.8, 4) is 0 Å². The third-order valence-electron chi connectivity index (χ3n) is 10.9. The van der Waals surface area contributed by atoms with Crippen molar-refractivity contribution >= 4 is 0 Å². The van der Waals surface area contributed by atoms with E-state index in [4.69, 9.17) is 18.9 Å². The summed E-state index contributed by atoms with van der Waals surface area (Å²) >= 11 is 0. The summed E-state index contributed by atoms with van der Waals surface area (Å²) in [5.41, 5.74) is 2.11. The molecule has 8 N–H and O–H groups in total. The number of ether oxygens (including phenoxy) is 4. The van der Waals surface area contributed by atoms with E-state index in [0.29, 0.717) is 12.5 Å². The molecule has 2 saturated carbocycles. The average molecular weight is 631 g/mol. The van der Waals surface area contributed by atoms with Crippen LogP contribution in [0.25, 0.3) is 0 Å². The monoisotopic (exact) mass is 630 g/mol. The Morgan fingerprint density at radius 3 is 2.00 bits per heavy atom. The smallest absolute Gasteiger partial charge is 0.187 e. The Kier molecular flexibility index (Phi) is 12.1. The highest BCUT2D eigenvalue weighted by atomic mass is 16.7. The topological polar surface area (TPSA) is 199 Å². The van der Waals surface area contributed by atoms with E-state index in [0.717, 1.165) is 50.5 Å². The second-order valence-corrected chi connectivity index (χ2v) is 13.9. The molecule has 12 nitrogen and oxygen atoms in total. The molecule has 0 radical (unpaired) electrons. The molecule has 0 bridgehead atoms. The van der Waals surface area contributed by atoms with Gasteiger partial charge in [-0.3, -0.25) is 0 Å². The average Bonchev–Trinajstić information content (AvgIpc) is 2.99. The lowest BCUT2D eigenvalue weighted by molar-refractivity contribution is -0.309.